The summed E-state index contributed by atoms with van der Waals surface area (Å²) in [5.41, 5.74) is 2.44. The zero-order valence-electron chi connectivity index (χ0n) is 22.4. The standard InChI is InChI=1S/C30H32N6O4/c37-26-10-4-13-33(26)15-11-27(38)35-16-12-30-24-8-1-2-9-25(24)36(29(30)39)20-22-19-34(32-31-22)14-5-17-40-23-7-3-6-21(18-23)28(30)35/h1-3,6-9,18-19,28H,4-5,10-17,20H2/t28-,30+/m0/s1. The van der Waals surface area contributed by atoms with Gasteiger partial charge in [-0.05, 0) is 42.2 Å². The lowest BCUT2D eigenvalue weighted by Crippen LogP contribution is -2.46. The number of fused-ring (bicyclic) bond motifs is 8. The molecule has 1 aromatic heterocycles. The highest BCUT2D eigenvalue weighted by atomic mass is 16.5. The molecule has 2 saturated heterocycles. The van der Waals surface area contributed by atoms with E-state index in [-0.39, 0.29) is 24.1 Å². The van der Waals surface area contributed by atoms with Crippen molar-refractivity contribution in [1.82, 2.24) is 24.8 Å². The zero-order chi connectivity index (χ0) is 27.3. The first-order valence-electron chi connectivity index (χ1n) is 14.1. The maximum atomic E-state index is 14.6. The van der Waals surface area contributed by atoms with Crippen LogP contribution >= 0.6 is 0 Å². The smallest absolute Gasteiger partial charge is 0.240 e. The van der Waals surface area contributed by atoms with E-state index in [4.69, 9.17) is 4.74 Å². The molecule has 0 N–H and O–H groups in total. The monoisotopic (exact) mass is 540 g/mol. The van der Waals surface area contributed by atoms with E-state index in [9.17, 15) is 14.4 Å². The molecule has 40 heavy (non-hydrogen) atoms. The molecule has 10 heteroatoms. The lowest BCUT2D eigenvalue weighted by atomic mass is 9.72. The highest BCUT2D eigenvalue weighted by Crippen LogP contribution is 2.57. The number of ether oxygens (including phenoxy) is 1. The van der Waals surface area contributed by atoms with Gasteiger partial charge in [-0.15, -0.1) is 5.10 Å². The maximum absolute atomic E-state index is 14.6. The molecule has 0 unspecified atom stereocenters. The molecule has 0 radical (unpaired) electrons. The third kappa shape index (κ3) is 3.96. The molecular formula is C30H32N6O4. The lowest BCUT2D eigenvalue weighted by molar-refractivity contribution is -0.134. The van der Waals surface area contributed by atoms with E-state index in [0.29, 0.717) is 63.6 Å². The predicted octanol–water partition coefficient (Wildman–Crippen LogP) is 2.83. The number of hydrogen-bond donors (Lipinski definition) is 0. The molecule has 2 fully saturated rings. The van der Waals surface area contributed by atoms with E-state index < -0.39 is 11.5 Å². The summed E-state index contributed by atoms with van der Waals surface area (Å²) in [5, 5.41) is 8.62. The first-order chi connectivity index (χ1) is 19.5. The summed E-state index contributed by atoms with van der Waals surface area (Å²) >= 11 is 0. The van der Waals surface area contributed by atoms with Gasteiger partial charge in [0.05, 0.1) is 25.4 Å². The Morgan fingerprint density at radius 1 is 1.05 bits per heavy atom. The van der Waals surface area contributed by atoms with E-state index in [2.05, 4.69) is 10.3 Å². The number of carbonyl (C=O) groups is 3. The molecule has 1 spiro atoms. The van der Waals surface area contributed by atoms with Gasteiger partial charge in [-0.2, -0.15) is 0 Å². The highest BCUT2D eigenvalue weighted by molar-refractivity contribution is 6.09. The van der Waals surface area contributed by atoms with Crippen molar-refractivity contribution in [3.05, 3.63) is 71.5 Å². The average Bonchev–Trinajstić information content (AvgIpc) is 3.74. The van der Waals surface area contributed by atoms with Crippen LogP contribution in [0.15, 0.2) is 54.7 Å². The number of carbonyl (C=O) groups excluding carboxylic acids is 3. The van der Waals surface area contributed by atoms with Crippen molar-refractivity contribution >= 4 is 23.4 Å². The van der Waals surface area contributed by atoms with E-state index in [1.54, 1.807) is 9.58 Å². The minimum atomic E-state index is -0.940. The predicted molar refractivity (Wildman–Crippen MR) is 145 cm³/mol. The molecule has 7 rings (SSSR count). The normalized spacial score (nSPS) is 23.9. The molecule has 5 heterocycles. The Morgan fingerprint density at radius 3 is 2.83 bits per heavy atom. The minimum absolute atomic E-state index is 0.0283. The Morgan fingerprint density at radius 2 is 1.95 bits per heavy atom. The van der Waals surface area contributed by atoms with Gasteiger partial charge in [0.1, 0.15) is 16.9 Å². The molecule has 10 nitrogen and oxygen atoms in total. The Kier molecular flexibility index (Phi) is 6.05. The second-order valence-corrected chi connectivity index (χ2v) is 11.1. The number of para-hydroxylation sites is 1. The lowest BCUT2D eigenvalue weighted by Gasteiger charge is -2.35. The van der Waals surface area contributed by atoms with Gasteiger partial charge in [0, 0.05) is 51.1 Å². The number of likely N-dealkylation sites (tertiary alicyclic amines) is 2. The molecule has 2 aromatic carbocycles. The molecule has 0 aliphatic carbocycles. The second-order valence-electron chi connectivity index (χ2n) is 11.1. The van der Waals surface area contributed by atoms with Crippen LogP contribution in [-0.2, 0) is 32.9 Å². The Bertz CT molecular complexity index is 1490. The molecule has 6 bridgehead atoms. The Labute approximate surface area is 232 Å². The largest absolute Gasteiger partial charge is 0.494 e. The van der Waals surface area contributed by atoms with Crippen LogP contribution in [0.5, 0.6) is 5.75 Å². The molecule has 4 aliphatic heterocycles. The third-order valence-electron chi connectivity index (χ3n) is 8.80. The number of aromatic nitrogens is 3. The van der Waals surface area contributed by atoms with Gasteiger partial charge in [0.2, 0.25) is 17.7 Å². The third-order valence-corrected chi connectivity index (χ3v) is 8.80. The van der Waals surface area contributed by atoms with Crippen LogP contribution in [0.4, 0.5) is 5.69 Å². The van der Waals surface area contributed by atoms with Gasteiger partial charge in [0.15, 0.2) is 0 Å². The number of hydrogen-bond acceptors (Lipinski definition) is 6. The van der Waals surface area contributed by atoms with Gasteiger partial charge in [-0.1, -0.05) is 35.5 Å². The van der Waals surface area contributed by atoms with Crippen molar-refractivity contribution in [2.75, 3.05) is 31.1 Å². The van der Waals surface area contributed by atoms with Crippen molar-refractivity contribution < 1.29 is 19.1 Å². The fourth-order valence-electron chi connectivity index (χ4n) is 6.96. The average molecular weight is 541 g/mol. The fourth-order valence-corrected chi connectivity index (χ4v) is 6.96. The van der Waals surface area contributed by atoms with Crippen molar-refractivity contribution in [1.29, 1.82) is 0 Å². The summed E-state index contributed by atoms with van der Waals surface area (Å²) in [7, 11) is 0. The van der Waals surface area contributed by atoms with E-state index in [0.717, 1.165) is 29.7 Å². The van der Waals surface area contributed by atoms with Crippen LogP contribution in [0.1, 0.15) is 55.0 Å². The van der Waals surface area contributed by atoms with Crippen LogP contribution in [-0.4, -0.2) is 68.8 Å². The van der Waals surface area contributed by atoms with Crippen LogP contribution < -0.4 is 9.64 Å². The highest BCUT2D eigenvalue weighted by Gasteiger charge is 2.61. The van der Waals surface area contributed by atoms with Gasteiger partial charge < -0.3 is 19.4 Å². The number of anilines is 1. The summed E-state index contributed by atoms with van der Waals surface area (Å²) in [6.45, 7) is 3.03. The van der Waals surface area contributed by atoms with E-state index in [1.165, 1.54) is 0 Å². The summed E-state index contributed by atoms with van der Waals surface area (Å²) < 4.78 is 7.90. The van der Waals surface area contributed by atoms with Crippen molar-refractivity contribution in [2.45, 2.75) is 56.7 Å². The number of nitrogens with zero attached hydrogens (tertiary/aromatic N) is 6. The fraction of sp³-hybridized carbons (Fsp3) is 0.433. The SMILES string of the molecule is O=C1CCCN1CCC(=O)N1CC[C@]23C(=O)N(Cc4cn(nn4)CCCOc4cccc(c4)[C@H]12)c1ccccc13. The van der Waals surface area contributed by atoms with E-state index >= 15 is 0 Å². The first kappa shape index (κ1) is 24.8. The quantitative estimate of drug-likeness (QED) is 0.507. The van der Waals surface area contributed by atoms with Gasteiger partial charge in [-0.3, -0.25) is 19.1 Å². The van der Waals surface area contributed by atoms with E-state index in [1.807, 2.05) is 64.5 Å². The van der Waals surface area contributed by atoms with Crippen LogP contribution in [0, 0.1) is 0 Å². The van der Waals surface area contributed by atoms with Gasteiger partial charge in [0.25, 0.3) is 0 Å². The van der Waals surface area contributed by atoms with Gasteiger partial charge >= 0.3 is 0 Å². The maximum Gasteiger partial charge on any atom is 0.240 e. The molecule has 0 saturated carbocycles. The number of aryl methyl sites for hydroxylation is 1. The topological polar surface area (TPSA) is 101 Å². The number of rotatable bonds is 3. The van der Waals surface area contributed by atoms with Gasteiger partial charge in [-0.25, -0.2) is 0 Å². The van der Waals surface area contributed by atoms with Crippen LogP contribution in [0.2, 0.25) is 0 Å². The summed E-state index contributed by atoms with van der Waals surface area (Å²) in [5.74, 6) is 0.744. The molecule has 4 aliphatic rings. The Balaban J connectivity index is 1.32. The van der Waals surface area contributed by atoms with Crippen molar-refractivity contribution in [3.8, 4) is 5.75 Å². The molecular weight excluding hydrogens is 508 g/mol. The summed E-state index contributed by atoms with van der Waals surface area (Å²) in [6, 6.07) is 15.2. The van der Waals surface area contributed by atoms with Crippen molar-refractivity contribution in [3.63, 3.8) is 0 Å². The summed E-state index contributed by atoms with van der Waals surface area (Å²) in [4.78, 5) is 46.2. The van der Waals surface area contributed by atoms with Crippen molar-refractivity contribution in [2.24, 2.45) is 0 Å². The molecule has 3 aromatic rings. The number of benzene rings is 2. The van der Waals surface area contributed by atoms with Crippen LogP contribution in [0.3, 0.4) is 0 Å². The molecule has 2 atom stereocenters. The van der Waals surface area contributed by atoms with Crippen LogP contribution in [0.25, 0.3) is 0 Å². The first-order valence-corrected chi connectivity index (χ1v) is 14.1. The number of amides is 3. The second kappa shape index (κ2) is 9.76. The zero-order valence-corrected chi connectivity index (χ0v) is 22.4. The minimum Gasteiger partial charge on any atom is -0.494 e. The Hall–Kier alpha value is -4.21. The summed E-state index contributed by atoms with van der Waals surface area (Å²) in [6.07, 6.45) is 4.77. The molecule has 3 amide bonds. The molecule has 206 valence electrons.